The molecule has 1 atom stereocenters. The first-order valence-corrected chi connectivity index (χ1v) is 7.53. The molecule has 0 radical (unpaired) electrons. The molecule has 20 heavy (non-hydrogen) atoms. The zero-order valence-corrected chi connectivity index (χ0v) is 12.1. The Morgan fingerprint density at radius 3 is 3.00 bits per heavy atom. The van der Waals surface area contributed by atoms with Crippen molar-refractivity contribution in [3.05, 3.63) is 41.2 Å². The number of nitrogens with zero attached hydrogens (tertiary/aromatic N) is 1. The summed E-state index contributed by atoms with van der Waals surface area (Å²) in [5, 5.41) is 9.42. The van der Waals surface area contributed by atoms with Crippen molar-refractivity contribution in [2.45, 2.75) is 31.6 Å². The van der Waals surface area contributed by atoms with Gasteiger partial charge in [-0.15, -0.1) is 0 Å². The third-order valence-corrected chi connectivity index (χ3v) is 4.62. The summed E-state index contributed by atoms with van der Waals surface area (Å²) in [6, 6.07) is 6.50. The number of methoxy groups -OCH3 is 1. The third-order valence-electron chi connectivity index (χ3n) is 4.62. The zero-order valence-electron chi connectivity index (χ0n) is 12.1. The van der Waals surface area contributed by atoms with Gasteiger partial charge in [-0.05, 0) is 61.1 Å². The van der Waals surface area contributed by atoms with E-state index in [0.717, 1.165) is 31.8 Å². The van der Waals surface area contributed by atoms with E-state index in [1.807, 2.05) is 6.08 Å². The Hall–Kier alpha value is -1.48. The fourth-order valence-electron chi connectivity index (χ4n) is 3.33. The molecule has 0 fully saturated rings. The van der Waals surface area contributed by atoms with Gasteiger partial charge < -0.3 is 9.84 Å². The van der Waals surface area contributed by atoms with Gasteiger partial charge in [-0.3, -0.25) is 4.90 Å². The number of aliphatic hydroxyl groups is 1. The van der Waals surface area contributed by atoms with E-state index >= 15 is 0 Å². The first kappa shape index (κ1) is 13.5. The first-order valence-electron chi connectivity index (χ1n) is 7.53. The van der Waals surface area contributed by atoms with E-state index in [1.165, 1.54) is 30.4 Å². The molecular weight excluding hydrogens is 250 g/mol. The van der Waals surface area contributed by atoms with Gasteiger partial charge in [-0.2, -0.15) is 0 Å². The van der Waals surface area contributed by atoms with Crippen LogP contribution in [0.1, 0.15) is 36.3 Å². The lowest BCUT2D eigenvalue weighted by Gasteiger charge is -2.25. The molecule has 1 unspecified atom stereocenters. The van der Waals surface area contributed by atoms with Crippen LogP contribution in [0, 0.1) is 0 Å². The Bertz CT molecular complexity index is 510. The molecule has 1 heterocycles. The lowest BCUT2D eigenvalue weighted by Crippen LogP contribution is -2.30. The summed E-state index contributed by atoms with van der Waals surface area (Å²) in [4.78, 5) is 2.43. The van der Waals surface area contributed by atoms with Crippen LogP contribution in [0.4, 0.5) is 0 Å². The van der Waals surface area contributed by atoms with Crippen molar-refractivity contribution in [3.63, 3.8) is 0 Å². The number of rotatable bonds is 4. The van der Waals surface area contributed by atoms with Crippen LogP contribution in [-0.4, -0.2) is 36.8 Å². The summed E-state index contributed by atoms with van der Waals surface area (Å²) >= 11 is 0. The van der Waals surface area contributed by atoms with Crippen LogP contribution in [0.2, 0.25) is 0 Å². The number of aryl methyl sites for hydroxylation is 1. The molecule has 1 aromatic rings. The van der Waals surface area contributed by atoms with Gasteiger partial charge in [-0.1, -0.05) is 6.07 Å². The van der Waals surface area contributed by atoms with E-state index < -0.39 is 0 Å². The monoisotopic (exact) mass is 273 g/mol. The molecule has 0 amide bonds. The van der Waals surface area contributed by atoms with Gasteiger partial charge in [-0.25, -0.2) is 0 Å². The van der Waals surface area contributed by atoms with Crippen LogP contribution >= 0.6 is 0 Å². The molecule has 0 spiro atoms. The average molecular weight is 273 g/mol. The smallest absolute Gasteiger partial charge is 0.119 e. The van der Waals surface area contributed by atoms with Crippen molar-refractivity contribution < 1.29 is 9.84 Å². The van der Waals surface area contributed by atoms with Crippen LogP contribution in [0.3, 0.4) is 0 Å². The highest BCUT2D eigenvalue weighted by Gasteiger charge is 2.23. The largest absolute Gasteiger partial charge is 0.513 e. The van der Waals surface area contributed by atoms with Crippen molar-refractivity contribution in [2.24, 2.45) is 0 Å². The molecule has 2 aliphatic rings. The second-order valence-corrected chi connectivity index (χ2v) is 5.84. The van der Waals surface area contributed by atoms with Crippen molar-refractivity contribution in [3.8, 4) is 5.75 Å². The molecule has 1 aliphatic heterocycles. The number of benzene rings is 1. The molecule has 0 saturated heterocycles. The topological polar surface area (TPSA) is 32.7 Å². The number of fused-ring (bicyclic) bond motifs is 1. The summed E-state index contributed by atoms with van der Waals surface area (Å²) in [5.41, 5.74) is 2.98. The van der Waals surface area contributed by atoms with Crippen LogP contribution in [0.15, 0.2) is 30.0 Å². The molecular formula is C17H23NO2. The van der Waals surface area contributed by atoms with Crippen LogP contribution in [0.25, 0.3) is 0 Å². The van der Waals surface area contributed by atoms with Gasteiger partial charge >= 0.3 is 0 Å². The lowest BCUT2D eigenvalue weighted by molar-refractivity contribution is 0.247. The molecule has 3 nitrogen and oxygen atoms in total. The standard InChI is InChI=1S/C17H23NO2/c1-20-16-5-4-13-2-3-14(17(13)12-16)6-9-18-10-7-15(19)8-11-18/h4-5,7,12,14,19H,2-3,6,8-11H2,1H3. The predicted molar refractivity (Wildman–Crippen MR) is 80.4 cm³/mol. The summed E-state index contributed by atoms with van der Waals surface area (Å²) in [5.74, 6) is 2.19. The first-order chi connectivity index (χ1) is 9.76. The number of aliphatic hydroxyl groups excluding tert-OH is 1. The van der Waals surface area contributed by atoms with Gasteiger partial charge in [0.15, 0.2) is 0 Å². The molecule has 0 saturated carbocycles. The SMILES string of the molecule is COc1ccc2c(c1)C(CCN1CC=C(O)CC1)CC2. The van der Waals surface area contributed by atoms with Gasteiger partial charge in [0, 0.05) is 19.5 Å². The van der Waals surface area contributed by atoms with E-state index in [-0.39, 0.29) is 0 Å². The van der Waals surface area contributed by atoms with Gasteiger partial charge in [0.25, 0.3) is 0 Å². The minimum Gasteiger partial charge on any atom is -0.513 e. The second kappa shape index (κ2) is 5.88. The van der Waals surface area contributed by atoms with Crippen LogP contribution in [-0.2, 0) is 6.42 Å². The van der Waals surface area contributed by atoms with Crippen molar-refractivity contribution in [1.82, 2.24) is 4.90 Å². The molecule has 1 aliphatic carbocycles. The van der Waals surface area contributed by atoms with E-state index in [2.05, 4.69) is 23.1 Å². The molecule has 3 heteroatoms. The van der Waals surface area contributed by atoms with E-state index in [1.54, 1.807) is 7.11 Å². The molecule has 0 aromatic heterocycles. The summed E-state index contributed by atoms with van der Waals surface area (Å²) < 4.78 is 5.35. The molecule has 1 aromatic carbocycles. The zero-order chi connectivity index (χ0) is 13.9. The number of ether oxygens (including phenoxy) is 1. The van der Waals surface area contributed by atoms with Crippen molar-refractivity contribution in [2.75, 3.05) is 26.7 Å². The van der Waals surface area contributed by atoms with Crippen LogP contribution in [0.5, 0.6) is 5.75 Å². The predicted octanol–water partition coefficient (Wildman–Crippen LogP) is 3.26. The maximum Gasteiger partial charge on any atom is 0.119 e. The highest BCUT2D eigenvalue weighted by molar-refractivity contribution is 5.41. The Morgan fingerprint density at radius 2 is 2.25 bits per heavy atom. The van der Waals surface area contributed by atoms with Gasteiger partial charge in [0.1, 0.15) is 5.75 Å². The van der Waals surface area contributed by atoms with Crippen LogP contribution < -0.4 is 4.74 Å². The maximum atomic E-state index is 9.42. The number of hydrogen-bond acceptors (Lipinski definition) is 3. The molecule has 108 valence electrons. The Balaban J connectivity index is 1.60. The molecule has 3 rings (SSSR count). The summed E-state index contributed by atoms with van der Waals surface area (Å²) in [6.45, 7) is 2.99. The Kier molecular flexibility index (Phi) is 3.97. The number of hydrogen-bond donors (Lipinski definition) is 1. The normalized spacial score (nSPS) is 22.4. The van der Waals surface area contributed by atoms with E-state index in [9.17, 15) is 5.11 Å². The van der Waals surface area contributed by atoms with E-state index in [0.29, 0.717) is 11.7 Å². The average Bonchev–Trinajstić information content (AvgIpc) is 2.89. The highest BCUT2D eigenvalue weighted by atomic mass is 16.5. The molecule has 0 bridgehead atoms. The van der Waals surface area contributed by atoms with Gasteiger partial charge in [0.2, 0.25) is 0 Å². The fraction of sp³-hybridized carbons (Fsp3) is 0.529. The fourth-order valence-corrected chi connectivity index (χ4v) is 3.33. The Morgan fingerprint density at radius 1 is 1.35 bits per heavy atom. The van der Waals surface area contributed by atoms with Crippen molar-refractivity contribution >= 4 is 0 Å². The summed E-state index contributed by atoms with van der Waals surface area (Å²) in [7, 11) is 1.73. The van der Waals surface area contributed by atoms with Crippen molar-refractivity contribution in [1.29, 1.82) is 0 Å². The quantitative estimate of drug-likeness (QED) is 0.914. The van der Waals surface area contributed by atoms with E-state index in [4.69, 9.17) is 4.74 Å². The third kappa shape index (κ3) is 2.83. The molecule has 1 N–H and O–H groups in total. The lowest BCUT2D eigenvalue weighted by atomic mass is 9.97. The second-order valence-electron chi connectivity index (χ2n) is 5.84. The summed E-state index contributed by atoms with van der Waals surface area (Å²) in [6.07, 6.45) is 6.40. The van der Waals surface area contributed by atoms with Gasteiger partial charge in [0.05, 0.1) is 12.9 Å². The minimum absolute atomic E-state index is 0.553. The Labute approximate surface area is 120 Å². The highest BCUT2D eigenvalue weighted by Crippen LogP contribution is 2.37. The minimum atomic E-state index is 0.553. The maximum absolute atomic E-state index is 9.42.